The molecule has 1 saturated heterocycles. The van der Waals surface area contributed by atoms with Crippen LogP contribution in [0.4, 0.5) is 5.69 Å². The van der Waals surface area contributed by atoms with Crippen molar-refractivity contribution in [1.82, 2.24) is 14.5 Å². The van der Waals surface area contributed by atoms with Gasteiger partial charge in [0.1, 0.15) is 0 Å². The van der Waals surface area contributed by atoms with Crippen LogP contribution in [-0.4, -0.2) is 47.7 Å². The Kier molecular flexibility index (Phi) is 2.52. The van der Waals surface area contributed by atoms with Crippen molar-refractivity contribution in [2.75, 3.05) is 38.1 Å². The molecule has 0 saturated carbocycles. The van der Waals surface area contributed by atoms with Crippen molar-refractivity contribution in [3.8, 4) is 0 Å². The average molecular weight is 230 g/mol. The van der Waals surface area contributed by atoms with Gasteiger partial charge in [-0.05, 0) is 31.7 Å². The highest BCUT2D eigenvalue weighted by Crippen LogP contribution is 2.18. The van der Waals surface area contributed by atoms with E-state index in [9.17, 15) is 0 Å². The smallest absolute Gasteiger partial charge is 0.0692 e. The summed E-state index contributed by atoms with van der Waals surface area (Å²) in [4.78, 5) is 4.80. The van der Waals surface area contributed by atoms with Crippen molar-refractivity contribution in [3.05, 3.63) is 30.1 Å². The fourth-order valence-electron chi connectivity index (χ4n) is 2.35. The first kappa shape index (κ1) is 10.6. The van der Waals surface area contributed by atoms with E-state index in [0.717, 1.165) is 26.2 Å². The molecular formula is C13H18N4. The number of pyridine rings is 1. The maximum absolute atomic E-state index is 4.37. The SMILES string of the molecule is Cc1cnn2cc(N3CCN(C)CC3)ccc12. The van der Waals surface area contributed by atoms with Gasteiger partial charge >= 0.3 is 0 Å². The van der Waals surface area contributed by atoms with Gasteiger partial charge in [-0.15, -0.1) is 0 Å². The minimum absolute atomic E-state index is 1.10. The van der Waals surface area contributed by atoms with Crippen LogP contribution in [0, 0.1) is 6.92 Å². The van der Waals surface area contributed by atoms with Crippen LogP contribution >= 0.6 is 0 Å². The van der Waals surface area contributed by atoms with E-state index >= 15 is 0 Å². The van der Waals surface area contributed by atoms with Gasteiger partial charge in [-0.2, -0.15) is 5.10 Å². The van der Waals surface area contributed by atoms with Crippen LogP contribution in [0.2, 0.25) is 0 Å². The molecule has 17 heavy (non-hydrogen) atoms. The number of likely N-dealkylation sites (N-methyl/N-ethyl adjacent to an activating group) is 1. The summed E-state index contributed by atoms with van der Waals surface area (Å²) in [5.41, 5.74) is 3.70. The number of anilines is 1. The molecule has 0 radical (unpaired) electrons. The predicted octanol–water partition coefficient (Wildman–Crippen LogP) is 1.39. The molecule has 1 fully saturated rings. The lowest BCUT2D eigenvalue weighted by Crippen LogP contribution is -2.44. The second-order valence-electron chi connectivity index (χ2n) is 4.84. The van der Waals surface area contributed by atoms with Gasteiger partial charge < -0.3 is 9.80 Å². The number of aromatic nitrogens is 2. The van der Waals surface area contributed by atoms with Crippen molar-refractivity contribution >= 4 is 11.2 Å². The molecule has 0 aromatic carbocycles. The molecule has 0 aliphatic carbocycles. The molecule has 4 heteroatoms. The number of rotatable bonds is 1. The van der Waals surface area contributed by atoms with E-state index in [0.29, 0.717) is 0 Å². The molecule has 0 atom stereocenters. The van der Waals surface area contributed by atoms with E-state index in [1.807, 2.05) is 10.7 Å². The molecule has 90 valence electrons. The van der Waals surface area contributed by atoms with Crippen molar-refractivity contribution in [2.45, 2.75) is 6.92 Å². The minimum Gasteiger partial charge on any atom is -0.368 e. The highest BCUT2D eigenvalue weighted by atomic mass is 15.3. The monoisotopic (exact) mass is 230 g/mol. The van der Waals surface area contributed by atoms with Gasteiger partial charge in [0, 0.05) is 26.2 Å². The molecule has 0 N–H and O–H groups in total. The largest absolute Gasteiger partial charge is 0.368 e. The van der Waals surface area contributed by atoms with Crippen molar-refractivity contribution in [3.63, 3.8) is 0 Å². The lowest BCUT2D eigenvalue weighted by Gasteiger charge is -2.33. The Labute approximate surface area is 101 Å². The summed E-state index contributed by atoms with van der Waals surface area (Å²) in [7, 11) is 2.18. The first-order valence-corrected chi connectivity index (χ1v) is 6.11. The van der Waals surface area contributed by atoms with Crippen molar-refractivity contribution in [2.24, 2.45) is 0 Å². The maximum atomic E-state index is 4.37. The number of fused-ring (bicyclic) bond motifs is 1. The van der Waals surface area contributed by atoms with Crippen LogP contribution in [-0.2, 0) is 0 Å². The number of piperazine rings is 1. The summed E-state index contributed by atoms with van der Waals surface area (Å²) < 4.78 is 1.98. The van der Waals surface area contributed by atoms with Crippen LogP contribution in [0.15, 0.2) is 24.5 Å². The summed E-state index contributed by atoms with van der Waals surface area (Å²) >= 11 is 0. The summed E-state index contributed by atoms with van der Waals surface area (Å²) in [6, 6.07) is 4.37. The Morgan fingerprint density at radius 2 is 1.88 bits per heavy atom. The number of nitrogens with zero attached hydrogens (tertiary/aromatic N) is 4. The van der Waals surface area contributed by atoms with E-state index in [1.54, 1.807) is 0 Å². The Hall–Kier alpha value is -1.55. The molecule has 0 amide bonds. The third kappa shape index (κ3) is 1.89. The Morgan fingerprint density at radius 3 is 2.65 bits per heavy atom. The van der Waals surface area contributed by atoms with E-state index in [4.69, 9.17) is 0 Å². The van der Waals surface area contributed by atoms with E-state index in [2.05, 4.69) is 47.2 Å². The summed E-state index contributed by atoms with van der Waals surface area (Å²) in [6.07, 6.45) is 4.05. The van der Waals surface area contributed by atoms with Gasteiger partial charge in [0.2, 0.25) is 0 Å². The van der Waals surface area contributed by atoms with Gasteiger partial charge in [-0.3, -0.25) is 0 Å². The molecule has 0 bridgehead atoms. The highest BCUT2D eigenvalue weighted by Gasteiger charge is 2.14. The molecule has 4 nitrogen and oxygen atoms in total. The van der Waals surface area contributed by atoms with Crippen LogP contribution in [0.3, 0.4) is 0 Å². The Balaban J connectivity index is 1.90. The molecular weight excluding hydrogens is 212 g/mol. The van der Waals surface area contributed by atoms with Crippen LogP contribution in [0.25, 0.3) is 5.52 Å². The molecule has 3 heterocycles. The highest BCUT2D eigenvalue weighted by molar-refractivity contribution is 5.58. The third-order valence-corrected chi connectivity index (χ3v) is 3.56. The Bertz CT molecular complexity index is 523. The van der Waals surface area contributed by atoms with Gasteiger partial charge in [-0.1, -0.05) is 0 Å². The number of aryl methyl sites for hydroxylation is 1. The van der Waals surface area contributed by atoms with E-state index in [-0.39, 0.29) is 0 Å². The van der Waals surface area contributed by atoms with E-state index in [1.165, 1.54) is 16.8 Å². The molecule has 2 aromatic rings. The maximum Gasteiger partial charge on any atom is 0.0692 e. The summed E-state index contributed by atoms with van der Waals surface area (Å²) in [5.74, 6) is 0. The zero-order valence-electron chi connectivity index (χ0n) is 10.4. The second-order valence-corrected chi connectivity index (χ2v) is 4.84. The normalized spacial score (nSPS) is 17.9. The Morgan fingerprint density at radius 1 is 1.12 bits per heavy atom. The fourth-order valence-corrected chi connectivity index (χ4v) is 2.35. The lowest BCUT2D eigenvalue weighted by atomic mass is 10.2. The zero-order valence-corrected chi connectivity index (χ0v) is 10.4. The minimum atomic E-state index is 1.10. The topological polar surface area (TPSA) is 23.8 Å². The standard InChI is InChI=1S/C13H18N4/c1-11-9-14-17-10-12(3-4-13(11)17)16-7-5-15(2)6-8-16/h3-4,9-10H,5-8H2,1-2H3. The molecule has 2 aromatic heterocycles. The number of hydrogen-bond donors (Lipinski definition) is 0. The molecule has 3 rings (SSSR count). The van der Waals surface area contributed by atoms with Gasteiger partial charge in [0.15, 0.2) is 0 Å². The van der Waals surface area contributed by atoms with Crippen molar-refractivity contribution in [1.29, 1.82) is 0 Å². The first-order valence-electron chi connectivity index (χ1n) is 6.11. The molecule has 0 unspecified atom stereocenters. The zero-order chi connectivity index (χ0) is 11.8. The summed E-state index contributed by atoms with van der Waals surface area (Å²) in [5, 5.41) is 4.37. The molecule has 1 aliphatic rings. The predicted molar refractivity (Wildman–Crippen MR) is 69.6 cm³/mol. The van der Waals surface area contributed by atoms with Crippen molar-refractivity contribution < 1.29 is 0 Å². The summed E-state index contributed by atoms with van der Waals surface area (Å²) in [6.45, 7) is 6.56. The first-order chi connectivity index (χ1) is 8.24. The van der Waals surface area contributed by atoms with Gasteiger partial charge in [-0.25, -0.2) is 4.52 Å². The van der Waals surface area contributed by atoms with Crippen LogP contribution in [0.5, 0.6) is 0 Å². The van der Waals surface area contributed by atoms with Crippen LogP contribution in [0.1, 0.15) is 5.56 Å². The molecule has 0 spiro atoms. The van der Waals surface area contributed by atoms with Gasteiger partial charge in [0.25, 0.3) is 0 Å². The molecule has 1 aliphatic heterocycles. The van der Waals surface area contributed by atoms with E-state index < -0.39 is 0 Å². The fraction of sp³-hybridized carbons (Fsp3) is 0.462. The average Bonchev–Trinajstić information content (AvgIpc) is 2.72. The van der Waals surface area contributed by atoms with Crippen LogP contribution < -0.4 is 4.90 Å². The third-order valence-electron chi connectivity index (χ3n) is 3.56. The lowest BCUT2D eigenvalue weighted by molar-refractivity contribution is 0.312. The second kappa shape index (κ2) is 4.04. The van der Waals surface area contributed by atoms with Gasteiger partial charge in [0.05, 0.1) is 23.6 Å². The quantitative estimate of drug-likeness (QED) is 0.740. The number of hydrogen-bond acceptors (Lipinski definition) is 3.